The van der Waals surface area contributed by atoms with E-state index in [1.807, 2.05) is 36.4 Å². The van der Waals surface area contributed by atoms with E-state index < -0.39 is 0 Å². The second-order valence-corrected chi connectivity index (χ2v) is 14.5. The lowest BCUT2D eigenvalue weighted by Gasteiger charge is -2.14. The Balaban J connectivity index is 1.17. The van der Waals surface area contributed by atoms with Crippen molar-refractivity contribution in [2.75, 3.05) is 0 Å². The van der Waals surface area contributed by atoms with Crippen molar-refractivity contribution < 1.29 is 4.42 Å². The third-order valence-corrected chi connectivity index (χ3v) is 11.3. The van der Waals surface area contributed by atoms with Crippen molar-refractivity contribution in [3.63, 3.8) is 0 Å². The summed E-state index contributed by atoms with van der Waals surface area (Å²) in [4.78, 5) is 10.2. The molecule has 0 radical (unpaired) electrons. The van der Waals surface area contributed by atoms with Crippen LogP contribution in [0.1, 0.15) is 0 Å². The molecule has 12 aromatic rings. The summed E-state index contributed by atoms with van der Waals surface area (Å²) >= 11 is 0. The highest BCUT2D eigenvalue weighted by atomic mass is 16.3. The van der Waals surface area contributed by atoms with Gasteiger partial charge in [0, 0.05) is 55.0 Å². The molecule has 0 amide bonds. The number of benzene rings is 8. The van der Waals surface area contributed by atoms with Crippen molar-refractivity contribution in [1.29, 1.82) is 0 Å². The van der Waals surface area contributed by atoms with Gasteiger partial charge in [-0.15, -0.1) is 0 Å². The molecule has 5 heteroatoms. The Bertz CT molecular complexity index is 3430. The van der Waals surface area contributed by atoms with E-state index in [0.29, 0.717) is 5.82 Å². The number of hydrogen-bond acceptors (Lipinski definition) is 3. The van der Waals surface area contributed by atoms with E-state index in [-0.39, 0.29) is 0 Å². The molecule has 57 heavy (non-hydrogen) atoms. The molecule has 4 heterocycles. The van der Waals surface area contributed by atoms with Crippen LogP contribution in [0.2, 0.25) is 0 Å². The maximum absolute atomic E-state index is 6.93. The molecule has 0 saturated carbocycles. The number of aromatic nitrogens is 4. The largest absolute Gasteiger partial charge is 0.455 e. The summed E-state index contributed by atoms with van der Waals surface area (Å²) in [6.45, 7) is 0. The molecule has 0 unspecified atom stereocenters. The van der Waals surface area contributed by atoms with E-state index in [1.165, 1.54) is 10.8 Å². The molecule has 0 aliphatic carbocycles. The van der Waals surface area contributed by atoms with Crippen LogP contribution in [0.25, 0.3) is 111 Å². The zero-order valence-electron chi connectivity index (χ0n) is 30.7. The number of furan rings is 1. The fourth-order valence-corrected chi connectivity index (χ4v) is 8.84. The normalized spacial score (nSPS) is 11.9. The van der Waals surface area contributed by atoms with E-state index in [1.54, 1.807) is 0 Å². The van der Waals surface area contributed by atoms with E-state index >= 15 is 0 Å². The SMILES string of the molecule is c1ccc(-c2cc(-c3ccccc3)nc(-c3ccc(-n4c5ccccc5c5c6oc7ccccc7c6c6c7ccccc7n(-c7ccccc7)c6c54)cc3)n2)cc1. The maximum atomic E-state index is 6.93. The molecule has 0 spiro atoms. The zero-order valence-corrected chi connectivity index (χ0v) is 30.7. The van der Waals surface area contributed by atoms with Gasteiger partial charge in [-0.1, -0.05) is 133 Å². The Morgan fingerprint density at radius 1 is 0.368 bits per heavy atom. The highest BCUT2D eigenvalue weighted by Gasteiger charge is 2.27. The van der Waals surface area contributed by atoms with Gasteiger partial charge in [0.1, 0.15) is 11.2 Å². The molecule has 0 N–H and O–H groups in total. The van der Waals surface area contributed by atoms with Crippen molar-refractivity contribution in [3.05, 3.63) is 194 Å². The van der Waals surface area contributed by atoms with E-state index in [9.17, 15) is 0 Å². The minimum atomic E-state index is 0.680. The van der Waals surface area contributed by atoms with Crippen molar-refractivity contribution in [2.24, 2.45) is 0 Å². The average Bonchev–Trinajstić information content (AvgIpc) is 3.95. The first-order valence-electron chi connectivity index (χ1n) is 19.3. The number of fused-ring (bicyclic) bond motifs is 12. The van der Waals surface area contributed by atoms with Crippen LogP contribution in [0.4, 0.5) is 0 Å². The molecule has 0 aliphatic rings. The van der Waals surface area contributed by atoms with Gasteiger partial charge in [0.05, 0.1) is 38.8 Å². The van der Waals surface area contributed by atoms with Crippen LogP contribution in [0.15, 0.2) is 199 Å². The minimum Gasteiger partial charge on any atom is -0.455 e. The monoisotopic (exact) mass is 728 g/mol. The van der Waals surface area contributed by atoms with Gasteiger partial charge in [-0.25, -0.2) is 9.97 Å². The maximum Gasteiger partial charge on any atom is 0.160 e. The number of para-hydroxylation sites is 4. The summed E-state index contributed by atoms with van der Waals surface area (Å²) in [6.07, 6.45) is 0. The van der Waals surface area contributed by atoms with Crippen LogP contribution in [0.5, 0.6) is 0 Å². The van der Waals surface area contributed by atoms with Gasteiger partial charge < -0.3 is 13.6 Å². The van der Waals surface area contributed by atoms with Crippen LogP contribution in [0.3, 0.4) is 0 Å². The molecular formula is C52H32N4O. The van der Waals surface area contributed by atoms with E-state index in [0.717, 1.165) is 94.2 Å². The molecule has 5 nitrogen and oxygen atoms in total. The molecule has 8 aromatic carbocycles. The molecular weight excluding hydrogens is 697 g/mol. The first-order chi connectivity index (χ1) is 28.3. The minimum absolute atomic E-state index is 0.680. The fourth-order valence-electron chi connectivity index (χ4n) is 8.84. The Labute approximate surface area is 327 Å². The summed E-state index contributed by atoms with van der Waals surface area (Å²) < 4.78 is 11.8. The molecule has 4 aromatic heterocycles. The second kappa shape index (κ2) is 12.4. The van der Waals surface area contributed by atoms with Gasteiger partial charge in [0.25, 0.3) is 0 Å². The third kappa shape index (κ3) is 4.76. The van der Waals surface area contributed by atoms with Gasteiger partial charge in [0.2, 0.25) is 0 Å². The molecule has 12 rings (SSSR count). The average molecular weight is 729 g/mol. The van der Waals surface area contributed by atoms with Gasteiger partial charge in [0.15, 0.2) is 5.82 Å². The number of rotatable bonds is 5. The van der Waals surface area contributed by atoms with Crippen LogP contribution in [-0.4, -0.2) is 19.1 Å². The topological polar surface area (TPSA) is 48.8 Å². The smallest absolute Gasteiger partial charge is 0.160 e. The third-order valence-electron chi connectivity index (χ3n) is 11.3. The number of hydrogen-bond donors (Lipinski definition) is 0. The summed E-state index contributed by atoms with van der Waals surface area (Å²) in [5.41, 5.74) is 13.2. The fraction of sp³-hybridized carbons (Fsp3) is 0. The van der Waals surface area contributed by atoms with Crippen LogP contribution in [0, 0.1) is 0 Å². The second-order valence-electron chi connectivity index (χ2n) is 14.5. The summed E-state index contributed by atoms with van der Waals surface area (Å²) in [7, 11) is 0. The van der Waals surface area contributed by atoms with Gasteiger partial charge in [-0.3, -0.25) is 0 Å². The first-order valence-corrected chi connectivity index (χ1v) is 19.3. The Hall–Kier alpha value is -7.76. The molecule has 0 aliphatic heterocycles. The summed E-state index contributed by atoms with van der Waals surface area (Å²) in [6, 6.07) is 68.0. The standard InChI is InChI=1S/C52H32N4O/c1-4-16-33(17-5-1)41-32-42(34-18-6-2-7-19-34)54-52(53-41)35-28-30-37(31-29-35)56-44-26-14-11-23-39(44)48-50(56)49-46(47-40-24-12-15-27-45(40)57-51(47)48)38-22-10-13-25-43(38)55(49)36-20-8-3-9-21-36/h1-32H. The predicted octanol–water partition coefficient (Wildman–Crippen LogP) is 13.6. The van der Waals surface area contributed by atoms with Crippen LogP contribution < -0.4 is 0 Å². The first kappa shape index (κ1) is 31.6. The van der Waals surface area contributed by atoms with Gasteiger partial charge in [-0.05, 0) is 60.7 Å². The van der Waals surface area contributed by atoms with E-state index in [2.05, 4.69) is 167 Å². The molecule has 0 atom stereocenters. The van der Waals surface area contributed by atoms with Crippen molar-refractivity contribution >= 4 is 65.6 Å². The quantitative estimate of drug-likeness (QED) is 0.177. The van der Waals surface area contributed by atoms with Crippen molar-refractivity contribution in [2.45, 2.75) is 0 Å². The van der Waals surface area contributed by atoms with Crippen LogP contribution >= 0.6 is 0 Å². The Morgan fingerprint density at radius 2 is 0.842 bits per heavy atom. The molecule has 0 saturated heterocycles. The summed E-state index contributed by atoms with van der Waals surface area (Å²) in [5, 5.41) is 6.86. The predicted molar refractivity (Wildman–Crippen MR) is 234 cm³/mol. The molecule has 0 bridgehead atoms. The van der Waals surface area contributed by atoms with Gasteiger partial charge in [-0.2, -0.15) is 0 Å². The number of nitrogens with zero attached hydrogens (tertiary/aromatic N) is 4. The molecule has 266 valence electrons. The molecule has 0 fully saturated rings. The van der Waals surface area contributed by atoms with Crippen molar-refractivity contribution in [1.82, 2.24) is 19.1 Å². The van der Waals surface area contributed by atoms with Crippen LogP contribution in [-0.2, 0) is 0 Å². The lowest BCUT2D eigenvalue weighted by Crippen LogP contribution is -1.99. The van der Waals surface area contributed by atoms with E-state index in [4.69, 9.17) is 14.4 Å². The zero-order chi connectivity index (χ0) is 37.5. The van der Waals surface area contributed by atoms with Gasteiger partial charge >= 0.3 is 0 Å². The Morgan fingerprint density at radius 3 is 1.46 bits per heavy atom. The Kier molecular flexibility index (Phi) is 6.86. The lowest BCUT2D eigenvalue weighted by molar-refractivity contribution is 0.673. The highest BCUT2D eigenvalue weighted by molar-refractivity contribution is 6.39. The highest BCUT2D eigenvalue weighted by Crippen LogP contribution is 2.49. The summed E-state index contributed by atoms with van der Waals surface area (Å²) in [5.74, 6) is 0.680. The lowest BCUT2D eigenvalue weighted by atomic mass is 10.0. The van der Waals surface area contributed by atoms with Crippen molar-refractivity contribution in [3.8, 4) is 45.3 Å².